The predicted octanol–water partition coefficient (Wildman–Crippen LogP) is 5.41. The fourth-order valence-corrected chi connectivity index (χ4v) is 4.31. The van der Waals surface area contributed by atoms with Crippen molar-refractivity contribution >= 4 is 16.7 Å². The maximum absolute atomic E-state index is 13.4. The van der Waals surface area contributed by atoms with Gasteiger partial charge in [0.2, 0.25) is 5.82 Å². The lowest BCUT2D eigenvalue weighted by Crippen LogP contribution is -2.13. The van der Waals surface area contributed by atoms with Crippen molar-refractivity contribution < 1.29 is 4.42 Å². The predicted molar refractivity (Wildman–Crippen MR) is 137 cm³/mol. The van der Waals surface area contributed by atoms with Gasteiger partial charge in [-0.25, -0.2) is 0 Å². The molecule has 7 nitrogen and oxygen atoms in total. The fourth-order valence-electron chi connectivity index (χ4n) is 4.31. The number of benzene rings is 3. The van der Waals surface area contributed by atoms with Gasteiger partial charge in [-0.05, 0) is 61.9 Å². The van der Waals surface area contributed by atoms with Gasteiger partial charge in [-0.2, -0.15) is 5.21 Å². The van der Waals surface area contributed by atoms with E-state index in [1.54, 1.807) is 6.92 Å². The van der Waals surface area contributed by atoms with E-state index in [1.165, 1.54) is 0 Å². The Hall–Kier alpha value is -4.70. The van der Waals surface area contributed by atoms with Crippen LogP contribution in [0.25, 0.3) is 33.7 Å². The number of fused-ring (bicyclic) bond motifs is 1. The van der Waals surface area contributed by atoms with Crippen LogP contribution in [0.1, 0.15) is 35.2 Å². The minimum Gasteiger partial charge on any atom is -0.455 e. The molecule has 0 spiro atoms. The number of aromatic nitrogens is 4. The number of H-pyrrole nitrogens is 1. The molecule has 2 N–H and O–H groups in total. The average Bonchev–Trinajstić information content (AvgIpc) is 3.41. The standard InChI is InChI=1S/C28H23N5O2/c1-5-19-9-8-10-20(15-19)26-17(3)25(34)23-14-16(2)13-22(27(23)35-26)18(4)29-24-12-7-6-11-21(24)28-30-32-33-31-28/h1,6-15,18,29H,2-4H3,(H,30,31,32,33). The molecule has 35 heavy (non-hydrogen) atoms. The Morgan fingerprint density at radius 2 is 1.91 bits per heavy atom. The number of aryl methyl sites for hydroxylation is 1. The summed E-state index contributed by atoms with van der Waals surface area (Å²) in [6.45, 7) is 5.79. The number of hydrogen-bond donors (Lipinski definition) is 2. The molecular weight excluding hydrogens is 438 g/mol. The number of nitrogens with one attached hydrogen (secondary N) is 2. The van der Waals surface area contributed by atoms with E-state index in [4.69, 9.17) is 10.8 Å². The molecule has 2 aromatic heterocycles. The molecule has 0 aliphatic rings. The molecule has 7 heteroatoms. The summed E-state index contributed by atoms with van der Waals surface area (Å²) >= 11 is 0. The van der Waals surface area contributed by atoms with E-state index in [9.17, 15) is 4.79 Å². The minimum atomic E-state index is -0.193. The molecule has 0 fully saturated rings. The SMILES string of the molecule is C#Cc1cccc(-c2oc3c(C(C)Nc4ccccc4-c4nn[nH]n4)cc(C)cc3c(=O)c2C)c1. The van der Waals surface area contributed by atoms with E-state index in [-0.39, 0.29) is 11.5 Å². The van der Waals surface area contributed by atoms with Gasteiger partial charge < -0.3 is 9.73 Å². The van der Waals surface area contributed by atoms with E-state index in [1.807, 2.05) is 74.5 Å². The molecule has 5 rings (SSSR count). The highest BCUT2D eigenvalue weighted by Gasteiger charge is 2.20. The Labute approximate surface area is 202 Å². The van der Waals surface area contributed by atoms with E-state index >= 15 is 0 Å². The van der Waals surface area contributed by atoms with E-state index in [0.717, 1.165) is 33.5 Å². The van der Waals surface area contributed by atoms with E-state index < -0.39 is 0 Å². The van der Waals surface area contributed by atoms with Crippen LogP contribution in [0.2, 0.25) is 0 Å². The second-order valence-electron chi connectivity index (χ2n) is 8.49. The van der Waals surface area contributed by atoms with Crippen molar-refractivity contribution in [1.82, 2.24) is 20.6 Å². The molecule has 3 aromatic carbocycles. The van der Waals surface area contributed by atoms with Crippen molar-refractivity contribution in [2.24, 2.45) is 0 Å². The highest BCUT2D eigenvalue weighted by Crippen LogP contribution is 2.34. The van der Waals surface area contributed by atoms with Crippen LogP contribution in [-0.4, -0.2) is 20.6 Å². The smallest absolute Gasteiger partial charge is 0.206 e. The van der Waals surface area contributed by atoms with Crippen LogP contribution in [0.3, 0.4) is 0 Å². The van der Waals surface area contributed by atoms with Crippen LogP contribution in [0.4, 0.5) is 5.69 Å². The number of anilines is 1. The summed E-state index contributed by atoms with van der Waals surface area (Å²) in [6.07, 6.45) is 5.59. The van der Waals surface area contributed by atoms with E-state index in [2.05, 4.69) is 31.9 Å². The van der Waals surface area contributed by atoms with Crippen LogP contribution in [-0.2, 0) is 0 Å². The van der Waals surface area contributed by atoms with Crippen LogP contribution in [0, 0.1) is 26.2 Å². The molecule has 172 valence electrons. The Bertz CT molecular complexity index is 1650. The third kappa shape index (κ3) is 4.06. The van der Waals surface area contributed by atoms with Crippen molar-refractivity contribution in [3.63, 3.8) is 0 Å². The maximum atomic E-state index is 13.4. The van der Waals surface area contributed by atoms with Gasteiger partial charge in [-0.3, -0.25) is 4.79 Å². The number of hydrogen-bond acceptors (Lipinski definition) is 6. The topological polar surface area (TPSA) is 96.7 Å². The van der Waals surface area contributed by atoms with Gasteiger partial charge in [0, 0.05) is 33.5 Å². The summed E-state index contributed by atoms with van der Waals surface area (Å²) in [5, 5.41) is 18.5. The van der Waals surface area contributed by atoms with Crippen molar-refractivity contribution in [2.45, 2.75) is 26.8 Å². The lowest BCUT2D eigenvalue weighted by molar-refractivity contribution is 0.605. The normalized spacial score (nSPS) is 11.8. The summed E-state index contributed by atoms with van der Waals surface area (Å²) in [5.74, 6) is 3.65. The van der Waals surface area contributed by atoms with E-state index in [0.29, 0.717) is 28.1 Å². The van der Waals surface area contributed by atoms with Gasteiger partial charge in [0.1, 0.15) is 11.3 Å². The molecule has 0 radical (unpaired) electrons. The number of tetrazole rings is 1. The molecule has 2 heterocycles. The number of para-hydroxylation sites is 1. The first-order valence-corrected chi connectivity index (χ1v) is 11.2. The molecule has 5 aromatic rings. The molecule has 0 saturated heterocycles. The molecule has 0 saturated carbocycles. The number of rotatable bonds is 5. The third-order valence-electron chi connectivity index (χ3n) is 6.04. The maximum Gasteiger partial charge on any atom is 0.206 e. The number of terminal acetylenes is 1. The van der Waals surface area contributed by atoms with Crippen LogP contribution < -0.4 is 10.7 Å². The molecule has 1 atom stereocenters. The van der Waals surface area contributed by atoms with Crippen LogP contribution in [0.5, 0.6) is 0 Å². The summed E-state index contributed by atoms with van der Waals surface area (Å²) in [7, 11) is 0. The van der Waals surface area contributed by atoms with Crippen molar-refractivity contribution in [3.05, 3.63) is 93.1 Å². The zero-order valence-corrected chi connectivity index (χ0v) is 19.6. The van der Waals surface area contributed by atoms with Crippen molar-refractivity contribution in [2.75, 3.05) is 5.32 Å². The zero-order valence-electron chi connectivity index (χ0n) is 19.6. The molecule has 0 amide bonds. The monoisotopic (exact) mass is 461 g/mol. The number of aromatic amines is 1. The Morgan fingerprint density at radius 3 is 2.69 bits per heavy atom. The largest absolute Gasteiger partial charge is 0.455 e. The van der Waals surface area contributed by atoms with Gasteiger partial charge in [0.15, 0.2) is 5.43 Å². The molecule has 1 unspecified atom stereocenters. The van der Waals surface area contributed by atoms with Crippen LogP contribution in [0.15, 0.2) is 69.9 Å². The summed E-state index contributed by atoms with van der Waals surface area (Å²) < 4.78 is 6.46. The zero-order chi connectivity index (χ0) is 24.5. The quantitative estimate of drug-likeness (QED) is 0.340. The summed E-state index contributed by atoms with van der Waals surface area (Å²) in [6, 6.07) is 18.9. The fraction of sp³-hybridized carbons (Fsp3) is 0.143. The van der Waals surface area contributed by atoms with Gasteiger partial charge >= 0.3 is 0 Å². The van der Waals surface area contributed by atoms with Gasteiger partial charge in [0.25, 0.3) is 0 Å². The molecule has 0 bridgehead atoms. The van der Waals surface area contributed by atoms with Crippen molar-refractivity contribution in [1.29, 1.82) is 0 Å². The average molecular weight is 462 g/mol. The third-order valence-corrected chi connectivity index (χ3v) is 6.04. The first kappa shape index (κ1) is 22.1. The van der Waals surface area contributed by atoms with Gasteiger partial charge in [-0.15, -0.1) is 16.6 Å². The lowest BCUT2D eigenvalue weighted by Gasteiger charge is -2.20. The Balaban J connectivity index is 1.65. The molecule has 0 aliphatic carbocycles. The van der Waals surface area contributed by atoms with Crippen molar-refractivity contribution in [3.8, 4) is 35.1 Å². The first-order valence-electron chi connectivity index (χ1n) is 11.2. The lowest BCUT2D eigenvalue weighted by atomic mass is 9.98. The highest BCUT2D eigenvalue weighted by atomic mass is 16.3. The second-order valence-corrected chi connectivity index (χ2v) is 8.49. The van der Waals surface area contributed by atoms with Crippen LogP contribution >= 0.6 is 0 Å². The van der Waals surface area contributed by atoms with Gasteiger partial charge in [-0.1, -0.05) is 36.3 Å². The molecule has 0 aliphatic heterocycles. The van der Waals surface area contributed by atoms with Gasteiger partial charge in [0.05, 0.1) is 11.4 Å². The summed E-state index contributed by atoms with van der Waals surface area (Å²) in [5.41, 5.74) is 6.03. The second kappa shape index (κ2) is 8.92. The number of nitrogens with zero attached hydrogens (tertiary/aromatic N) is 3. The molecular formula is C28H23N5O2. The highest BCUT2D eigenvalue weighted by molar-refractivity contribution is 5.85. The first-order chi connectivity index (χ1) is 17.0. The minimum absolute atomic E-state index is 0.0586. The summed E-state index contributed by atoms with van der Waals surface area (Å²) in [4.78, 5) is 13.4. The Kier molecular flexibility index (Phi) is 5.63. The Morgan fingerprint density at radius 1 is 1.09 bits per heavy atom.